The highest BCUT2D eigenvalue weighted by Gasteiger charge is 2.20. The van der Waals surface area contributed by atoms with Crippen LogP contribution >= 0.6 is 11.3 Å². The maximum Gasteiger partial charge on any atom is 0.0943 e. The van der Waals surface area contributed by atoms with Crippen molar-refractivity contribution in [3.8, 4) is 0 Å². The van der Waals surface area contributed by atoms with Crippen LogP contribution in [0, 0.1) is 0 Å². The van der Waals surface area contributed by atoms with E-state index in [2.05, 4.69) is 11.9 Å². The van der Waals surface area contributed by atoms with Gasteiger partial charge in [0, 0.05) is 11.3 Å². The Labute approximate surface area is 83.2 Å². The summed E-state index contributed by atoms with van der Waals surface area (Å²) in [5.41, 5.74) is 6.88. The minimum absolute atomic E-state index is 0.673. The molecule has 1 aliphatic rings. The Morgan fingerprint density at radius 1 is 1.62 bits per heavy atom. The van der Waals surface area contributed by atoms with Gasteiger partial charge in [0.2, 0.25) is 0 Å². The second-order valence-electron chi connectivity index (χ2n) is 3.75. The van der Waals surface area contributed by atoms with E-state index in [-0.39, 0.29) is 0 Å². The van der Waals surface area contributed by atoms with Crippen LogP contribution in [0.5, 0.6) is 0 Å². The van der Waals surface area contributed by atoms with E-state index in [9.17, 15) is 0 Å². The van der Waals surface area contributed by atoms with Gasteiger partial charge in [-0.25, -0.2) is 4.98 Å². The third kappa shape index (κ3) is 1.76. The largest absolute Gasteiger partial charge is 0.330 e. The molecule has 72 valence electrons. The molecule has 0 saturated carbocycles. The molecule has 0 amide bonds. The van der Waals surface area contributed by atoms with Crippen LogP contribution in [0.2, 0.25) is 0 Å². The van der Waals surface area contributed by atoms with Crippen molar-refractivity contribution in [3.05, 3.63) is 15.6 Å². The second-order valence-corrected chi connectivity index (χ2v) is 4.92. The average Bonchev–Trinajstić information content (AvgIpc) is 2.49. The predicted molar refractivity (Wildman–Crippen MR) is 56.2 cm³/mol. The highest BCUT2D eigenvalue weighted by molar-refractivity contribution is 7.11. The van der Waals surface area contributed by atoms with Crippen molar-refractivity contribution in [2.24, 2.45) is 5.73 Å². The first-order valence-corrected chi connectivity index (χ1v) is 5.81. The Morgan fingerprint density at radius 3 is 3.15 bits per heavy atom. The number of thiazole rings is 1. The van der Waals surface area contributed by atoms with Crippen molar-refractivity contribution >= 4 is 11.3 Å². The van der Waals surface area contributed by atoms with Crippen molar-refractivity contribution < 1.29 is 0 Å². The molecular formula is C10H16N2S. The van der Waals surface area contributed by atoms with Gasteiger partial charge < -0.3 is 5.73 Å². The van der Waals surface area contributed by atoms with E-state index in [0.717, 1.165) is 13.0 Å². The van der Waals surface area contributed by atoms with Crippen LogP contribution < -0.4 is 5.73 Å². The molecule has 0 fully saturated rings. The Hall–Kier alpha value is -0.410. The summed E-state index contributed by atoms with van der Waals surface area (Å²) in [7, 11) is 0. The molecule has 1 unspecified atom stereocenters. The fourth-order valence-corrected chi connectivity index (χ4v) is 3.16. The first-order chi connectivity index (χ1) is 6.31. The van der Waals surface area contributed by atoms with E-state index in [1.54, 1.807) is 0 Å². The predicted octanol–water partition coefficient (Wildman–Crippen LogP) is 2.08. The highest BCUT2D eigenvalue weighted by Crippen LogP contribution is 2.34. The van der Waals surface area contributed by atoms with Crippen LogP contribution in [-0.4, -0.2) is 11.5 Å². The van der Waals surface area contributed by atoms with Gasteiger partial charge in [-0.3, -0.25) is 0 Å². The van der Waals surface area contributed by atoms with E-state index in [0.29, 0.717) is 5.92 Å². The van der Waals surface area contributed by atoms with Crippen molar-refractivity contribution in [1.29, 1.82) is 0 Å². The molecule has 1 heterocycles. The van der Waals surface area contributed by atoms with Crippen molar-refractivity contribution in [3.63, 3.8) is 0 Å². The van der Waals surface area contributed by atoms with E-state index >= 15 is 0 Å². The van der Waals surface area contributed by atoms with Crippen LogP contribution in [0.25, 0.3) is 0 Å². The summed E-state index contributed by atoms with van der Waals surface area (Å²) in [6.07, 6.45) is 4.82. The van der Waals surface area contributed by atoms with Crippen LogP contribution in [0.3, 0.4) is 0 Å². The Balaban J connectivity index is 2.25. The van der Waals surface area contributed by atoms with Gasteiger partial charge in [-0.05, 0) is 31.7 Å². The van der Waals surface area contributed by atoms with Gasteiger partial charge in [0.1, 0.15) is 0 Å². The van der Waals surface area contributed by atoms with Crippen molar-refractivity contribution in [2.75, 3.05) is 6.54 Å². The smallest absolute Gasteiger partial charge is 0.0943 e. The fraction of sp³-hybridized carbons (Fsp3) is 0.700. The van der Waals surface area contributed by atoms with Gasteiger partial charge in [0.05, 0.1) is 10.7 Å². The third-order valence-corrected chi connectivity index (χ3v) is 3.83. The SMILES string of the molecule is CC1CCCc2sc(CCN)nc21. The molecule has 1 aromatic heterocycles. The maximum absolute atomic E-state index is 5.52. The van der Waals surface area contributed by atoms with Gasteiger partial charge in [0.15, 0.2) is 0 Å². The lowest BCUT2D eigenvalue weighted by Crippen LogP contribution is -2.05. The summed E-state index contributed by atoms with van der Waals surface area (Å²) in [6, 6.07) is 0. The molecule has 2 N–H and O–H groups in total. The van der Waals surface area contributed by atoms with Crippen molar-refractivity contribution in [2.45, 2.75) is 38.5 Å². The van der Waals surface area contributed by atoms with E-state index in [4.69, 9.17) is 5.73 Å². The number of nitrogens with two attached hydrogens (primary N) is 1. The number of nitrogens with zero attached hydrogens (tertiary/aromatic N) is 1. The number of rotatable bonds is 2. The molecule has 2 rings (SSSR count). The van der Waals surface area contributed by atoms with Crippen LogP contribution in [-0.2, 0) is 12.8 Å². The first-order valence-electron chi connectivity index (χ1n) is 5.00. The minimum atomic E-state index is 0.673. The Kier molecular flexibility index (Phi) is 2.65. The molecule has 0 aromatic carbocycles. The molecule has 1 aromatic rings. The van der Waals surface area contributed by atoms with Crippen LogP contribution in [0.15, 0.2) is 0 Å². The minimum Gasteiger partial charge on any atom is -0.330 e. The molecule has 0 aliphatic heterocycles. The molecule has 13 heavy (non-hydrogen) atoms. The Bertz CT molecular complexity index is 293. The zero-order chi connectivity index (χ0) is 9.26. The molecule has 1 aliphatic carbocycles. The lowest BCUT2D eigenvalue weighted by Gasteiger charge is -2.15. The van der Waals surface area contributed by atoms with E-state index in [1.807, 2.05) is 11.3 Å². The quantitative estimate of drug-likeness (QED) is 0.786. The summed E-state index contributed by atoms with van der Waals surface area (Å²) in [6.45, 7) is 3.00. The van der Waals surface area contributed by atoms with Gasteiger partial charge in [-0.15, -0.1) is 11.3 Å². The number of aryl methyl sites for hydroxylation is 1. The number of aromatic nitrogens is 1. The van der Waals surface area contributed by atoms with Crippen LogP contribution in [0.4, 0.5) is 0 Å². The second kappa shape index (κ2) is 3.76. The average molecular weight is 196 g/mol. The lowest BCUT2D eigenvalue weighted by atomic mass is 9.93. The summed E-state index contributed by atoms with van der Waals surface area (Å²) in [5, 5.41) is 1.24. The van der Waals surface area contributed by atoms with E-state index in [1.165, 1.54) is 34.8 Å². The standard InChI is InChI=1S/C10H16N2S/c1-7-3-2-4-8-10(7)12-9(13-8)5-6-11/h7H,2-6,11H2,1H3. The summed E-state index contributed by atoms with van der Waals surface area (Å²) >= 11 is 1.87. The van der Waals surface area contributed by atoms with Crippen LogP contribution in [0.1, 0.15) is 41.3 Å². The van der Waals surface area contributed by atoms with Gasteiger partial charge in [-0.2, -0.15) is 0 Å². The summed E-state index contributed by atoms with van der Waals surface area (Å²) < 4.78 is 0. The van der Waals surface area contributed by atoms with E-state index < -0.39 is 0 Å². The van der Waals surface area contributed by atoms with Gasteiger partial charge in [-0.1, -0.05) is 6.92 Å². The molecular weight excluding hydrogens is 180 g/mol. The number of fused-ring (bicyclic) bond motifs is 1. The van der Waals surface area contributed by atoms with Gasteiger partial charge >= 0.3 is 0 Å². The molecule has 1 atom stereocenters. The lowest BCUT2D eigenvalue weighted by molar-refractivity contribution is 0.582. The molecule has 2 nitrogen and oxygen atoms in total. The summed E-state index contributed by atoms with van der Waals surface area (Å²) in [5.74, 6) is 0.673. The normalized spacial score (nSPS) is 21.5. The fourth-order valence-electron chi connectivity index (χ4n) is 1.91. The Morgan fingerprint density at radius 2 is 2.46 bits per heavy atom. The third-order valence-electron chi connectivity index (χ3n) is 2.64. The molecule has 0 bridgehead atoms. The van der Waals surface area contributed by atoms with Gasteiger partial charge in [0.25, 0.3) is 0 Å². The zero-order valence-electron chi connectivity index (χ0n) is 8.05. The number of hydrogen-bond acceptors (Lipinski definition) is 3. The molecule has 3 heteroatoms. The highest BCUT2D eigenvalue weighted by atomic mass is 32.1. The summed E-state index contributed by atoms with van der Waals surface area (Å²) in [4.78, 5) is 6.18. The molecule has 0 saturated heterocycles. The topological polar surface area (TPSA) is 38.9 Å². The zero-order valence-corrected chi connectivity index (χ0v) is 8.86. The first kappa shape index (κ1) is 9.16. The monoisotopic (exact) mass is 196 g/mol. The number of hydrogen-bond donors (Lipinski definition) is 1. The molecule has 0 spiro atoms. The van der Waals surface area contributed by atoms with Crippen molar-refractivity contribution in [1.82, 2.24) is 4.98 Å². The molecule has 0 radical (unpaired) electrons. The maximum atomic E-state index is 5.52.